The summed E-state index contributed by atoms with van der Waals surface area (Å²) in [7, 11) is 0. The zero-order valence-corrected chi connectivity index (χ0v) is 18.4. The molecular weight excluding hydrogens is 406 g/mol. The van der Waals surface area contributed by atoms with Crippen LogP contribution in [0, 0.1) is 0 Å². The van der Waals surface area contributed by atoms with Crippen LogP contribution in [-0.4, -0.2) is 75.4 Å². The summed E-state index contributed by atoms with van der Waals surface area (Å²) in [5, 5.41) is 15.2. The summed E-state index contributed by atoms with van der Waals surface area (Å²) in [4.78, 5) is 16.6. The molecule has 9 nitrogen and oxygen atoms in total. The average molecular weight is 436 g/mol. The molecule has 0 atom stereocenters. The van der Waals surface area contributed by atoms with Gasteiger partial charge in [0.2, 0.25) is 0 Å². The van der Waals surface area contributed by atoms with Crippen LogP contribution < -0.4 is 10.1 Å². The van der Waals surface area contributed by atoms with E-state index in [2.05, 4.69) is 37.9 Å². The zero-order valence-electron chi connectivity index (χ0n) is 18.4. The Kier molecular flexibility index (Phi) is 7.29. The number of amides is 2. The van der Waals surface area contributed by atoms with E-state index >= 15 is 0 Å². The highest BCUT2D eigenvalue weighted by Gasteiger charge is 2.22. The van der Waals surface area contributed by atoms with E-state index in [-0.39, 0.29) is 6.03 Å². The Balaban J connectivity index is 1.25. The molecule has 0 bridgehead atoms. The van der Waals surface area contributed by atoms with Gasteiger partial charge in [-0.05, 0) is 53.6 Å². The van der Waals surface area contributed by atoms with Crippen LogP contribution in [0.1, 0.15) is 18.3 Å². The van der Waals surface area contributed by atoms with E-state index < -0.39 is 0 Å². The number of tetrazole rings is 1. The van der Waals surface area contributed by atoms with E-state index in [0.29, 0.717) is 32.8 Å². The number of aromatic nitrogens is 4. The first-order valence-electron chi connectivity index (χ1n) is 11.0. The Morgan fingerprint density at radius 2 is 1.78 bits per heavy atom. The van der Waals surface area contributed by atoms with Gasteiger partial charge in [-0.3, -0.25) is 4.90 Å². The first kappa shape index (κ1) is 21.8. The maximum atomic E-state index is 12.5. The number of carbonyl (C=O) groups is 1. The maximum absolute atomic E-state index is 12.5. The number of ether oxygens (including phenoxy) is 1. The molecule has 32 heavy (non-hydrogen) atoms. The van der Waals surface area contributed by atoms with Crippen LogP contribution in [-0.2, 0) is 13.0 Å². The second-order valence-electron chi connectivity index (χ2n) is 7.66. The lowest BCUT2D eigenvalue weighted by Gasteiger charge is -2.34. The van der Waals surface area contributed by atoms with Gasteiger partial charge in [-0.2, -0.15) is 4.68 Å². The minimum atomic E-state index is -0.000183. The Bertz CT molecular complexity index is 983. The number of benzene rings is 2. The second-order valence-corrected chi connectivity index (χ2v) is 7.66. The van der Waals surface area contributed by atoms with Crippen molar-refractivity contribution >= 4 is 6.03 Å². The molecule has 1 aliphatic rings. The Hall–Kier alpha value is -3.46. The summed E-state index contributed by atoms with van der Waals surface area (Å²) in [6, 6.07) is 17.9. The molecule has 3 aromatic rings. The van der Waals surface area contributed by atoms with Crippen molar-refractivity contribution in [1.29, 1.82) is 0 Å². The standard InChI is InChI=1S/C23H29N7O2/c1-2-32-21-10-8-20(9-11-21)30-22(25-26-27-30)18-28-14-16-29(17-15-28)23(31)24-13-12-19-6-4-3-5-7-19/h3-11H,2,12-18H2,1H3,(H,24,31). The molecule has 1 aromatic heterocycles. The monoisotopic (exact) mass is 435 g/mol. The van der Waals surface area contributed by atoms with Crippen LogP contribution in [0.5, 0.6) is 5.75 Å². The lowest BCUT2D eigenvalue weighted by atomic mass is 10.1. The summed E-state index contributed by atoms with van der Waals surface area (Å²) in [6.45, 7) is 6.78. The minimum Gasteiger partial charge on any atom is -0.494 e. The highest BCUT2D eigenvalue weighted by Crippen LogP contribution is 2.16. The second kappa shape index (κ2) is 10.7. The van der Waals surface area contributed by atoms with Gasteiger partial charge in [0.25, 0.3) is 0 Å². The Morgan fingerprint density at radius 1 is 1.03 bits per heavy atom. The van der Waals surface area contributed by atoms with Crippen molar-refractivity contribution in [2.45, 2.75) is 19.9 Å². The number of piperazine rings is 1. The molecule has 0 aliphatic carbocycles. The fourth-order valence-corrected chi connectivity index (χ4v) is 3.73. The van der Waals surface area contributed by atoms with Crippen molar-refractivity contribution in [3.05, 3.63) is 66.0 Å². The molecule has 2 aromatic carbocycles. The molecular formula is C23H29N7O2. The molecule has 1 saturated heterocycles. The minimum absolute atomic E-state index is 0.000183. The van der Waals surface area contributed by atoms with Gasteiger partial charge < -0.3 is 15.0 Å². The molecule has 0 saturated carbocycles. The zero-order chi connectivity index (χ0) is 22.2. The molecule has 2 amide bonds. The van der Waals surface area contributed by atoms with Gasteiger partial charge in [-0.1, -0.05) is 30.3 Å². The van der Waals surface area contributed by atoms with Crippen molar-refractivity contribution in [2.75, 3.05) is 39.3 Å². The van der Waals surface area contributed by atoms with Crippen molar-refractivity contribution in [3.8, 4) is 11.4 Å². The van der Waals surface area contributed by atoms with E-state index in [1.165, 1.54) is 5.56 Å². The number of nitrogens with zero attached hydrogens (tertiary/aromatic N) is 6. The molecule has 4 rings (SSSR count). The van der Waals surface area contributed by atoms with Crippen molar-refractivity contribution < 1.29 is 9.53 Å². The molecule has 0 spiro atoms. The predicted molar refractivity (Wildman–Crippen MR) is 121 cm³/mol. The molecule has 9 heteroatoms. The summed E-state index contributed by atoms with van der Waals surface area (Å²) in [5.41, 5.74) is 2.12. The Morgan fingerprint density at radius 3 is 2.50 bits per heavy atom. The quantitative estimate of drug-likeness (QED) is 0.583. The summed E-state index contributed by atoms with van der Waals surface area (Å²) >= 11 is 0. The summed E-state index contributed by atoms with van der Waals surface area (Å²) in [5.74, 6) is 1.60. The number of hydrogen-bond acceptors (Lipinski definition) is 6. The van der Waals surface area contributed by atoms with Crippen LogP contribution >= 0.6 is 0 Å². The highest BCUT2D eigenvalue weighted by molar-refractivity contribution is 5.74. The Labute approximate surface area is 188 Å². The van der Waals surface area contributed by atoms with Crippen LogP contribution in [0.15, 0.2) is 54.6 Å². The topological polar surface area (TPSA) is 88.4 Å². The largest absolute Gasteiger partial charge is 0.494 e. The fourth-order valence-electron chi connectivity index (χ4n) is 3.73. The third kappa shape index (κ3) is 5.61. The molecule has 0 unspecified atom stereocenters. The highest BCUT2D eigenvalue weighted by atomic mass is 16.5. The van der Waals surface area contributed by atoms with Gasteiger partial charge in [-0.25, -0.2) is 4.79 Å². The molecule has 168 valence electrons. The van der Waals surface area contributed by atoms with Crippen molar-refractivity contribution in [2.24, 2.45) is 0 Å². The van der Waals surface area contributed by atoms with Crippen LogP contribution in [0.2, 0.25) is 0 Å². The third-order valence-corrected chi connectivity index (χ3v) is 5.48. The lowest BCUT2D eigenvalue weighted by Crippen LogP contribution is -2.51. The number of carbonyl (C=O) groups excluding carboxylic acids is 1. The first-order chi connectivity index (χ1) is 15.7. The molecule has 1 aliphatic heterocycles. The van der Waals surface area contributed by atoms with E-state index in [0.717, 1.165) is 36.8 Å². The maximum Gasteiger partial charge on any atom is 0.317 e. The van der Waals surface area contributed by atoms with Crippen LogP contribution in [0.25, 0.3) is 5.69 Å². The average Bonchev–Trinajstić information content (AvgIpc) is 3.29. The third-order valence-electron chi connectivity index (χ3n) is 5.48. The molecule has 1 N–H and O–H groups in total. The number of hydrogen-bond donors (Lipinski definition) is 1. The lowest BCUT2D eigenvalue weighted by molar-refractivity contribution is 0.133. The molecule has 1 fully saturated rings. The van der Waals surface area contributed by atoms with E-state index in [1.54, 1.807) is 4.68 Å². The van der Waals surface area contributed by atoms with Gasteiger partial charge in [0.05, 0.1) is 18.8 Å². The number of rotatable bonds is 8. The van der Waals surface area contributed by atoms with Crippen LogP contribution in [0.4, 0.5) is 4.79 Å². The van der Waals surface area contributed by atoms with Crippen molar-refractivity contribution in [3.63, 3.8) is 0 Å². The normalized spacial score (nSPS) is 14.3. The van der Waals surface area contributed by atoms with Gasteiger partial charge in [0.1, 0.15) is 5.75 Å². The fraction of sp³-hybridized carbons (Fsp3) is 0.391. The number of urea groups is 1. The number of nitrogens with one attached hydrogen (secondary N) is 1. The smallest absolute Gasteiger partial charge is 0.317 e. The van der Waals surface area contributed by atoms with Gasteiger partial charge in [-0.15, -0.1) is 5.10 Å². The van der Waals surface area contributed by atoms with Crippen molar-refractivity contribution in [1.82, 2.24) is 35.3 Å². The summed E-state index contributed by atoms with van der Waals surface area (Å²) < 4.78 is 7.25. The van der Waals surface area contributed by atoms with E-state index in [4.69, 9.17) is 4.74 Å². The van der Waals surface area contributed by atoms with Gasteiger partial charge in [0.15, 0.2) is 5.82 Å². The van der Waals surface area contributed by atoms with E-state index in [9.17, 15) is 4.79 Å². The van der Waals surface area contributed by atoms with Crippen LogP contribution in [0.3, 0.4) is 0 Å². The van der Waals surface area contributed by atoms with E-state index in [1.807, 2.05) is 54.3 Å². The molecule has 0 radical (unpaired) electrons. The first-order valence-corrected chi connectivity index (χ1v) is 11.0. The van der Waals surface area contributed by atoms with Gasteiger partial charge in [0, 0.05) is 32.7 Å². The SMILES string of the molecule is CCOc1ccc(-n2nnnc2CN2CCN(C(=O)NCCc3ccccc3)CC2)cc1. The predicted octanol–water partition coefficient (Wildman–Crippen LogP) is 2.13. The van der Waals surface area contributed by atoms with Gasteiger partial charge >= 0.3 is 6.03 Å². The molecule has 2 heterocycles. The summed E-state index contributed by atoms with van der Waals surface area (Å²) in [6.07, 6.45) is 0.834.